The van der Waals surface area contributed by atoms with E-state index >= 15 is 0 Å². The van der Waals surface area contributed by atoms with Crippen LogP contribution in [0.4, 0.5) is 0 Å². The Kier molecular flexibility index (Phi) is 9.10. The normalized spacial score (nSPS) is 10.7. The molecule has 15 heavy (non-hydrogen) atoms. The van der Waals surface area contributed by atoms with Gasteiger partial charge in [-0.3, -0.25) is 4.79 Å². The Morgan fingerprint density at radius 1 is 1.07 bits per heavy atom. The molecule has 0 unspecified atom stereocenters. The zero-order valence-corrected chi connectivity index (χ0v) is 11.7. The molecule has 0 rings (SSSR count). The number of hydrogen-bond donors (Lipinski definition) is 0. The molecule has 0 aromatic rings. The highest BCUT2D eigenvalue weighted by molar-refractivity contribution is 9.09. The Morgan fingerprint density at radius 2 is 1.73 bits per heavy atom. The van der Waals surface area contributed by atoms with Crippen molar-refractivity contribution in [2.45, 2.75) is 25.7 Å². The van der Waals surface area contributed by atoms with Gasteiger partial charge < -0.3 is 9.80 Å². The van der Waals surface area contributed by atoms with Crippen LogP contribution in [0.2, 0.25) is 0 Å². The SMILES string of the molecule is CN(C)CCCN(C)C(=O)CCCCBr. The number of carbonyl (C=O) groups excluding carboxylic acids is 1. The van der Waals surface area contributed by atoms with Crippen LogP contribution >= 0.6 is 15.9 Å². The molecule has 0 bridgehead atoms. The molecule has 0 saturated carbocycles. The molecule has 90 valence electrons. The first kappa shape index (κ1) is 14.9. The fraction of sp³-hybridized carbons (Fsp3) is 0.909. The molecule has 0 aliphatic heterocycles. The second-order valence-corrected chi connectivity index (χ2v) is 4.91. The Hall–Kier alpha value is -0.0900. The third-order valence-electron chi connectivity index (χ3n) is 2.30. The van der Waals surface area contributed by atoms with Gasteiger partial charge >= 0.3 is 0 Å². The average Bonchev–Trinajstić information content (AvgIpc) is 2.17. The Morgan fingerprint density at radius 3 is 2.27 bits per heavy atom. The maximum atomic E-state index is 11.6. The van der Waals surface area contributed by atoms with Crippen LogP contribution in [0.3, 0.4) is 0 Å². The van der Waals surface area contributed by atoms with Crippen molar-refractivity contribution >= 4 is 21.8 Å². The first-order valence-electron chi connectivity index (χ1n) is 5.52. The van der Waals surface area contributed by atoms with Gasteiger partial charge in [-0.2, -0.15) is 0 Å². The van der Waals surface area contributed by atoms with Crippen LogP contribution < -0.4 is 0 Å². The van der Waals surface area contributed by atoms with E-state index in [9.17, 15) is 4.79 Å². The van der Waals surface area contributed by atoms with E-state index in [1.165, 1.54) is 0 Å². The maximum Gasteiger partial charge on any atom is 0.222 e. The summed E-state index contributed by atoms with van der Waals surface area (Å²) in [7, 11) is 6.00. The fourth-order valence-electron chi connectivity index (χ4n) is 1.31. The van der Waals surface area contributed by atoms with Crippen LogP contribution in [0.15, 0.2) is 0 Å². The van der Waals surface area contributed by atoms with Crippen LogP contribution in [-0.2, 0) is 4.79 Å². The fourth-order valence-corrected chi connectivity index (χ4v) is 1.71. The van der Waals surface area contributed by atoms with E-state index in [1.807, 2.05) is 11.9 Å². The summed E-state index contributed by atoms with van der Waals surface area (Å²) >= 11 is 3.36. The number of rotatable bonds is 8. The summed E-state index contributed by atoms with van der Waals surface area (Å²) in [6, 6.07) is 0. The topological polar surface area (TPSA) is 23.6 Å². The largest absolute Gasteiger partial charge is 0.346 e. The van der Waals surface area contributed by atoms with Gasteiger partial charge in [-0.25, -0.2) is 0 Å². The van der Waals surface area contributed by atoms with E-state index in [0.717, 1.165) is 37.7 Å². The second kappa shape index (κ2) is 9.16. The molecule has 4 heteroatoms. The number of amides is 1. The van der Waals surface area contributed by atoms with Gasteiger partial charge in [0.1, 0.15) is 0 Å². The molecule has 0 atom stereocenters. The highest BCUT2D eigenvalue weighted by Crippen LogP contribution is 2.02. The zero-order chi connectivity index (χ0) is 11.7. The first-order chi connectivity index (χ1) is 7.07. The van der Waals surface area contributed by atoms with Gasteiger partial charge in [0.2, 0.25) is 5.91 Å². The van der Waals surface area contributed by atoms with Crippen molar-refractivity contribution < 1.29 is 4.79 Å². The van der Waals surface area contributed by atoms with Gasteiger partial charge in [0.15, 0.2) is 0 Å². The third kappa shape index (κ3) is 8.88. The van der Waals surface area contributed by atoms with E-state index in [1.54, 1.807) is 0 Å². The van der Waals surface area contributed by atoms with Crippen LogP contribution in [0.5, 0.6) is 0 Å². The van der Waals surface area contributed by atoms with Gasteiger partial charge in [-0.15, -0.1) is 0 Å². The van der Waals surface area contributed by atoms with Crippen molar-refractivity contribution in [2.75, 3.05) is 39.6 Å². The van der Waals surface area contributed by atoms with Gasteiger partial charge in [-0.1, -0.05) is 15.9 Å². The van der Waals surface area contributed by atoms with Crippen molar-refractivity contribution in [3.05, 3.63) is 0 Å². The van der Waals surface area contributed by atoms with Crippen LogP contribution in [0, 0.1) is 0 Å². The number of hydrogen-bond acceptors (Lipinski definition) is 2. The summed E-state index contributed by atoms with van der Waals surface area (Å²) in [5, 5.41) is 0.991. The van der Waals surface area contributed by atoms with E-state index in [0.29, 0.717) is 6.42 Å². The van der Waals surface area contributed by atoms with Crippen molar-refractivity contribution in [3.8, 4) is 0 Å². The lowest BCUT2D eigenvalue weighted by Gasteiger charge is -2.18. The molecule has 0 aliphatic carbocycles. The minimum absolute atomic E-state index is 0.273. The van der Waals surface area contributed by atoms with Crippen molar-refractivity contribution in [2.24, 2.45) is 0 Å². The maximum absolute atomic E-state index is 11.6. The molecule has 0 saturated heterocycles. The number of halogens is 1. The molecule has 0 N–H and O–H groups in total. The van der Waals surface area contributed by atoms with E-state index < -0.39 is 0 Å². The predicted octanol–water partition coefficient (Wildman–Crippen LogP) is 1.96. The van der Waals surface area contributed by atoms with Gasteiger partial charge in [0.05, 0.1) is 0 Å². The van der Waals surface area contributed by atoms with Crippen molar-refractivity contribution in [1.29, 1.82) is 0 Å². The van der Waals surface area contributed by atoms with Crippen LogP contribution in [0.1, 0.15) is 25.7 Å². The van der Waals surface area contributed by atoms with Gasteiger partial charge in [0, 0.05) is 25.3 Å². The first-order valence-corrected chi connectivity index (χ1v) is 6.64. The van der Waals surface area contributed by atoms with Crippen LogP contribution in [-0.4, -0.2) is 55.3 Å². The molecule has 0 aromatic carbocycles. The summed E-state index contributed by atoms with van der Waals surface area (Å²) in [6.07, 6.45) is 3.80. The highest BCUT2D eigenvalue weighted by atomic mass is 79.9. The molecule has 0 radical (unpaired) electrons. The quantitative estimate of drug-likeness (QED) is 0.501. The lowest BCUT2D eigenvalue weighted by atomic mass is 10.2. The minimum atomic E-state index is 0.273. The zero-order valence-electron chi connectivity index (χ0n) is 10.1. The predicted molar refractivity (Wildman–Crippen MR) is 68.5 cm³/mol. The smallest absolute Gasteiger partial charge is 0.222 e. The van der Waals surface area contributed by atoms with E-state index in [-0.39, 0.29) is 5.91 Å². The summed E-state index contributed by atoms with van der Waals surface area (Å²) in [4.78, 5) is 15.6. The van der Waals surface area contributed by atoms with Crippen LogP contribution in [0.25, 0.3) is 0 Å². The highest BCUT2D eigenvalue weighted by Gasteiger charge is 2.07. The monoisotopic (exact) mass is 278 g/mol. The summed E-state index contributed by atoms with van der Waals surface area (Å²) in [5.41, 5.74) is 0. The molecular weight excluding hydrogens is 256 g/mol. The Balaban J connectivity index is 3.51. The molecule has 1 amide bonds. The molecule has 0 fully saturated rings. The number of carbonyl (C=O) groups is 1. The number of alkyl halides is 1. The molecule has 0 aliphatic rings. The standard InChI is InChI=1S/C11H23BrN2O/c1-13(2)9-6-10-14(3)11(15)7-4-5-8-12/h4-10H2,1-3H3. The van der Waals surface area contributed by atoms with Gasteiger partial charge in [0.25, 0.3) is 0 Å². The third-order valence-corrected chi connectivity index (χ3v) is 2.86. The lowest BCUT2D eigenvalue weighted by molar-refractivity contribution is -0.130. The van der Waals surface area contributed by atoms with Gasteiger partial charge in [-0.05, 0) is 39.9 Å². The number of unbranched alkanes of at least 4 members (excludes halogenated alkanes) is 1. The lowest BCUT2D eigenvalue weighted by Crippen LogP contribution is -2.29. The molecule has 0 heterocycles. The minimum Gasteiger partial charge on any atom is -0.346 e. The number of nitrogens with zero attached hydrogens (tertiary/aromatic N) is 2. The molecular formula is C11H23BrN2O. The van der Waals surface area contributed by atoms with Crippen molar-refractivity contribution in [1.82, 2.24) is 9.80 Å². The van der Waals surface area contributed by atoms with Crippen molar-refractivity contribution in [3.63, 3.8) is 0 Å². The molecule has 0 spiro atoms. The second-order valence-electron chi connectivity index (χ2n) is 4.12. The summed E-state index contributed by atoms with van der Waals surface area (Å²) in [5.74, 6) is 0.273. The van der Waals surface area contributed by atoms with E-state index in [4.69, 9.17) is 0 Å². The summed E-state index contributed by atoms with van der Waals surface area (Å²) in [6.45, 7) is 1.91. The molecule has 3 nitrogen and oxygen atoms in total. The summed E-state index contributed by atoms with van der Waals surface area (Å²) < 4.78 is 0. The average molecular weight is 279 g/mol. The van der Waals surface area contributed by atoms with E-state index in [2.05, 4.69) is 34.9 Å². The Labute approximate surface area is 102 Å². The molecule has 0 aromatic heterocycles. The Bertz CT molecular complexity index is 174.